The number of allylic oxidation sites excluding steroid dienone is 4. The molecule has 0 amide bonds. The minimum absolute atomic E-state index is 0.00265. The minimum Gasteiger partial charge on any atom is -0.462 e. The van der Waals surface area contributed by atoms with Crippen molar-refractivity contribution in [1.29, 1.82) is 0 Å². The molecule has 2 bridgehead atoms. The summed E-state index contributed by atoms with van der Waals surface area (Å²) in [5.41, 5.74) is 4.13. The minimum atomic E-state index is -0.502. The second-order valence-electron chi connectivity index (χ2n) is 12.7. The molecular weight excluding hydrogens is 440 g/mol. The van der Waals surface area contributed by atoms with E-state index in [1.54, 1.807) is 6.92 Å². The average Bonchev–Trinajstić information content (AvgIpc) is 3.34. The molecule has 5 heteroatoms. The topological polar surface area (TPSA) is 69.7 Å². The standard InChI is InChI=1S/C30H38O5/c1-15-10-25-22(9-8-19(15)7-6-17(3)31)30(28(33)35-25)14-20-13-29(30,5)23-12-21-18(4)27(32)34-24(21)11-16(2)26(20)23/h8,15-16,20-22,24-25H,4,6-7,9-14H2,1-3,5H3/t15-,16-,20-,21+,22-,24-,25+,29-,30+/m0/s1. The van der Waals surface area contributed by atoms with Crippen molar-refractivity contribution in [3.8, 4) is 0 Å². The lowest BCUT2D eigenvalue weighted by molar-refractivity contribution is -0.153. The van der Waals surface area contributed by atoms with Crippen molar-refractivity contribution in [2.45, 2.75) is 91.3 Å². The normalized spacial score (nSPS) is 46.0. The van der Waals surface area contributed by atoms with E-state index in [0.717, 1.165) is 44.9 Å². The number of ketones is 1. The van der Waals surface area contributed by atoms with Gasteiger partial charge >= 0.3 is 11.9 Å². The van der Waals surface area contributed by atoms with Crippen LogP contribution in [-0.4, -0.2) is 29.9 Å². The molecule has 2 aliphatic heterocycles. The zero-order valence-electron chi connectivity index (χ0n) is 21.5. The fourth-order valence-electron chi connectivity index (χ4n) is 9.29. The van der Waals surface area contributed by atoms with Gasteiger partial charge in [-0.2, -0.15) is 0 Å². The number of ether oxygens (including phenoxy) is 2. The average molecular weight is 479 g/mol. The van der Waals surface area contributed by atoms with Crippen molar-refractivity contribution >= 4 is 17.7 Å². The summed E-state index contributed by atoms with van der Waals surface area (Å²) >= 11 is 0. The van der Waals surface area contributed by atoms with Gasteiger partial charge in [0.15, 0.2) is 0 Å². The first-order valence-corrected chi connectivity index (χ1v) is 13.6. The van der Waals surface area contributed by atoms with E-state index in [0.29, 0.717) is 29.7 Å². The van der Waals surface area contributed by atoms with E-state index in [1.807, 2.05) is 0 Å². The maximum Gasteiger partial charge on any atom is 0.334 e. The van der Waals surface area contributed by atoms with Gasteiger partial charge in [-0.3, -0.25) is 4.79 Å². The molecule has 2 saturated heterocycles. The summed E-state index contributed by atoms with van der Waals surface area (Å²) in [6.07, 6.45) is 8.78. The smallest absolute Gasteiger partial charge is 0.334 e. The molecule has 1 saturated carbocycles. The van der Waals surface area contributed by atoms with Gasteiger partial charge in [0, 0.05) is 29.2 Å². The Hall–Kier alpha value is -2.17. The number of carbonyl (C=O) groups excluding carboxylic acids is 3. The molecule has 9 atom stereocenters. The van der Waals surface area contributed by atoms with Crippen LogP contribution in [0.1, 0.15) is 79.1 Å². The maximum absolute atomic E-state index is 13.9. The van der Waals surface area contributed by atoms with E-state index in [9.17, 15) is 14.4 Å². The summed E-state index contributed by atoms with van der Waals surface area (Å²) in [7, 11) is 0. The molecule has 0 aromatic carbocycles. The zero-order valence-corrected chi connectivity index (χ0v) is 21.5. The lowest BCUT2D eigenvalue weighted by atomic mass is 9.54. The second kappa shape index (κ2) is 7.66. The molecule has 0 radical (unpaired) electrons. The van der Waals surface area contributed by atoms with Crippen molar-refractivity contribution in [3.63, 3.8) is 0 Å². The van der Waals surface area contributed by atoms with Gasteiger partial charge in [0.05, 0.1) is 5.41 Å². The van der Waals surface area contributed by atoms with Crippen molar-refractivity contribution in [1.82, 2.24) is 0 Å². The first-order valence-electron chi connectivity index (χ1n) is 13.6. The Morgan fingerprint density at radius 3 is 2.60 bits per heavy atom. The predicted molar refractivity (Wildman–Crippen MR) is 131 cm³/mol. The Bertz CT molecular complexity index is 1100. The summed E-state index contributed by atoms with van der Waals surface area (Å²) < 4.78 is 12.0. The number of hydrogen-bond donors (Lipinski definition) is 0. The third-order valence-corrected chi connectivity index (χ3v) is 10.9. The number of carbonyl (C=O) groups is 3. The summed E-state index contributed by atoms with van der Waals surface area (Å²) in [5, 5.41) is 0. The van der Waals surface area contributed by atoms with Gasteiger partial charge < -0.3 is 14.3 Å². The molecule has 5 nitrogen and oxygen atoms in total. The largest absolute Gasteiger partial charge is 0.462 e. The highest BCUT2D eigenvalue weighted by Gasteiger charge is 2.74. The first kappa shape index (κ1) is 23.2. The maximum atomic E-state index is 13.9. The summed E-state index contributed by atoms with van der Waals surface area (Å²) in [5.74, 6) is 1.23. The first-order chi connectivity index (χ1) is 16.6. The fraction of sp³-hybridized carbons (Fsp3) is 0.700. The molecule has 0 aromatic rings. The Morgan fingerprint density at radius 2 is 1.86 bits per heavy atom. The van der Waals surface area contributed by atoms with Crippen molar-refractivity contribution in [2.24, 2.45) is 40.4 Å². The van der Waals surface area contributed by atoms with E-state index in [1.165, 1.54) is 16.7 Å². The van der Waals surface area contributed by atoms with Gasteiger partial charge in [-0.25, -0.2) is 4.79 Å². The number of esters is 2. The highest BCUT2D eigenvalue weighted by Crippen LogP contribution is 2.75. The predicted octanol–water partition coefficient (Wildman–Crippen LogP) is 5.49. The van der Waals surface area contributed by atoms with E-state index < -0.39 is 5.41 Å². The van der Waals surface area contributed by atoms with Crippen LogP contribution in [0.5, 0.6) is 0 Å². The van der Waals surface area contributed by atoms with Gasteiger partial charge in [-0.15, -0.1) is 0 Å². The monoisotopic (exact) mass is 478 g/mol. The fourth-order valence-corrected chi connectivity index (χ4v) is 9.29. The third-order valence-electron chi connectivity index (χ3n) is 10.9. The molecule has 4 aliphatic carbocycles. The van der Waals surface area contributed by atoms with Crippen LogP contribution in [0, 0.1) is 40.4 Å². The van der Waals surface area contributed by atoms with Crippen LogP contribution in [0.4, 0.5) is 0 Å². The summed E-state index contributed by atoms with van der Waals surface area (Å²) in [6.45, 7) is 12.6. The van der Waals surface area contributed by atoms with Gasteiger partial charge in [0.25, 0.3) is 0 Å². The van der Waals surface area contributed by atoms with Crippen molar-refractivity contribution < 1.29 is 23.9 Å². The van der Waals surface area contributed by atoms with Crippen LogP contribution >= 0.6 is 0 Å². The third kappa shape index (κ3) is 3.02. The number of fused-ring (bicyclic) bond motifs is 8. The Morgan fingerprint density at radius 1 is 1.11 bits per heavy atom. The Labute approximate surface area is 208 Å². The van der Waals surface area contributed by atoms with Crippen molar-refractivity contribution in [2.75, 3.05) is 0 Å². The highest BCUT2D eigenvalue weighted by molar-refractivity contribution is 5.91. The van der Waals surface area contributed by atoms with Gasteiger partial charge in [0.2, 0.25) is 0 Å². The molecule has 35 heavy (non-hydrogen) atoms. The van der Waals surface area contributed by atoms with Gasteiger partial charge in [-0.1, -0.05) is 50.1 Å². The molecule has 188 valence electrons. The molecule has 0 unspecified atom stereocenters. The van der Waals surface area contributed by atoms with E-state index >= 15 is 0 Å². The molecule has 3 fully saturated rings. The Kier molecular flexibility index (Phi) is 5.09. The van der Waals surface area contributed by atoms with Crippen LogP contribution in [0.3, 0.4) is 0 Å². The van der Waals surface area contributed by atoms with Crippen molar-refractivity contribution in [3.05, 3.63) is 34.9 Å². The molecular formula is C30H38O5. The molecule has 0 N–H and O–H groups in total. The lowest BCUT2D eigenvalue weighted by Crippen LogP contribution is -2.47. The quantitative estimate of drug-likeness (QED) is 0.305. The van der Waals surface area contributed by atoms with E-state index in [-0.39, 0.29) is 47.2 Å². The molecule has 6 rings (SSSR count). The van der Waals surface area contributed by atoms with Gasteiger partial charge in [0.1, 0.15) is 18.0 Å². The van der Waals surface area contributed by atoms with Crippen LogP contribution in [0.15, 0.2) is 34.9 Å². The van der Waals surface area contributed by atoms with Crippen LogP contribution in [0.2, 0.25) is 0 Å². The van der Waals surface area contributed by atoms with E-state index in [4.69, 9.17) is 9.47 Å². The number of Topliss-reactive ketones (excluding diaryl/α,β-unsaturated/α-hetero) is 1. The lowest BCUT2D eigenvalue weighted by Gasteiger charge is -2.46. The SMILES string of the molecule is C=C1C(=O)O[C@H]2C[C@H](C)C3=C(C[C@H]12)[C@]1(C)C[C@H]3C[C@@]12C(=O)O[C@@H]1C[C@H](C)C(CCC(C)=O)=CC[C@@H]12. The van der Waals surface area contributed by atoms with Crippen LogP contribution < -0.4 is 0 Å². The second-order valence-corrected chi connectivity index (χ2v) is 12.7. The van der Waals surface area contributed by atoms with Crippen LogP contribution in [-0.2, 0) is 23.9 Å². The van der Waals surface area contributed by atoms with Crippen LogP contribution in [0.25, 0.3) is 0 Å². The van der Waals surface area contributed by atoms with E-state index in [2.05, 4.69) is 33.4 Å². The summed E-state index contributed by atoms with van der Waals surface area (Å²) in [4.78, 5) is 37.8. The molecule has 1 spiro atoms. The zero-order chi connectivity index (χ0) is 24.9. The summed E-state index contributed by atoms with van der Waals surface area (Å²) in [6, 6.07) is 0. The Balaban J connectivity index is 1.38. The van der Waals surface area contributed by atoms with Gasteiger partial charge in [-0.05, 0) is 69.6 Å². The molecule has 0 aromatic heterocycles. The molecule has 2 heterocycles. The number of rotatable bonds is 3. The highest BCUT2D eigenvalue weighted by atomic mass is 16.6. The molecule has 6 aliphatic rings. The number of hydrogen-bond acceptors (Lipinski definition) is 5.